The highest BCUT2D eigenvalue weighted by molar-refractivity contribution is 5.89. The number of anilines is 1. The molecule has 1 aliphatic rings. The van der Waals surface area contributed by atoms with Gasteiger partial charge in [0.1, 0.15) is 12.1 Å². The Kier molecular flexibility index (Phi) is 3.10. The maximum Gasteiger partial charge on any atom is 0.163 e. The van der Waals surface area contributed by atoms with E-state index in [1.54, 1.807) is 11.0 Å². The molecule has 7 heteroatoms. The van der Waals surface area contributed by atoms with Gasteiger partial charge in [-0.3, -0.25) is 4.68 Å². The molecule has 0 aromatic carbocycles. The highest BCUT2D eigenvalue weighted by atomic mass is 16.3. The first-order valence-corrected chi connectivity index (χ1v) is 6.76. The van der Waals surface area contributed by atoms with E-state index in [2.05, 4.69) is 20.0 Å². The van der Waals surface area contributed by atoms with Crippen LogP contribution < -0.4 is 4.90 Å². The molecule has 1 fully saturated rings. The summed E-state index contributed by atoms with van der Waals surface area (Å²) in [5.74, 6) is 0.862. The molecule has 0 atom stereocenters. The van der Waals surface area contributed by atoms with E-state index in [4.69, 9.17) is 0 Å². The lowest BCUT2D eigenvalue weighted by Crippen LogP contribution is -2.47. The number of aliphatic hydroxyl groups excluding tert-OH is 1. The first-order valence-electron chi connectivity index (χ1n) is 6.76. The molecule has 0 saturated carbocycles. The SMILES string of the molecule is Cc1nn(C)c2ncnc(N3CCC(O)(CO)CC3)c12. The van der Waals surface area contributed by atoms with E-state index in [9.17, 15) is 10.2 Å². The average Bonchev–Trinajstić information content (AvgIpc) is 2.75. The van der Waals surface area contributed by atoms with Crippen LogP contribution in [0.4, 0.5) is 5.82 Å². The van der Waals surface area contributed by atoms with E-state index >= 15 is 0 Å². The predicted octanol–water partition coefficient (Wildman–Crippen LogP) is -0.00468. The van der Waals surface area contributed by atoms with Gasteiger partial charge in [-0.25, -0.2) is 9.97 Å². The number of piperidine rings is 1. The van der Waals surface area contributed by atoms with Gasteiger partial charge < -0.3 is 15.1 Å². The molecule has 0 aliphatic carbocycles. The molecule has 2 aromatic rings. The quantitative estimate of drug-likeness (QED) is 0.803. The second kappa shape index (κ2) is 4.68. The van der Waals surface area contributed by atoms with Crippen LogP contribution in [0.1, 0.15) is 18.5 Å². The minimum atomic E-state index is -0.952. The third-order valence-electron chi connectivity index (χ3n) is 4.06. The zero-order valence-electron chi connectivity index (χ0n) is 11.7. The Bertz CT molecular complexity index is 631. The number of aryl methyl sites for hydroxylation is 2. The zero-order chi connectivity index (χ0) is 14.3. The van der Waals surface area contributed by atoms with Crippen LogP contribution in [0.2, 0.25) is 0 Å². The van der Waals surface area contributed by atoms with E-state index in [0.29, 0.717) is 25.9 Å². The van der Waals surface area contributed by atoms with Gasteiger partial charge in [0.05, 0.1) is 23.3 Å². The Morgan fingerprint density at radius 3 is 2.65 bits per heavy atom. The molecule has 108 valence electrons. The molecule has 3 rings (SSSR count). The summed E-state index contributed by atoms with van der Waals surface area (Å²) in [5, 5.41) is 24.7. The Morgan fingerprint density at radius 2 is 2.00 bits per heavy atom. The van der Waals surface area contributed by atoms with Gasteiger partial charge in [0, 0.05) is 20.1 Å². The lowest BCUT2D eigenvalue weighted by Gasteiger charge is -2.37. The van der Waals surface area contributed by atoms with Crippen LogP contribution in [0.5, 0.6) is 0 Å². The van der Waals surface area contributed by atoms with Gasteiger partial charge in [-0.2, -0.15) is 5.10 Å². The van der Waals surface area contributed by atoms with E-state index in [-0.39, 0.29) is 6.61 Å². The maximum atomic E-state index is 10.1. The Labute approximate surface area is 116 Å². The molecule has 20 heavy (non-hydrogen) atoms. The molecular weight excluding hydrogens is 258 g/mol. The fraction of sp³-hybridized carbons (Fsp3) is 0.615. The number of hydrogen-bond acceptors (Lipinski definition) is 6. The van der Waals surface area contributed by atoms with Crippen molar-refractivity contribution >= 4 is 16.9 Å². The van der Waals surface area contributed by atoms with Crippen molar-refractivity contribution in [2.24, 2.45) is 7.05 Å². The number of nitrogens with zero attached hydrogens (tertiary/aromatic N) is 5. The van der Waals surface area contributed by atoms with Gasteiger partial charge >= 0.3 is 0 Å². The Balaban J connectivity index is 1.96. The molecule has 2 N–H and O–H groups in total. The van der Waals surface area contributed by atoms with Gasteiger partial charge in [0.25, 0.3) is 0 Å². The maximum absolute atomic E-state index is 10.1. The lowest BCUT2D eigenvalue weighted by atomic mass is 9.92. The van der Waals surface area contributed by atoms with Gasteiger partial charge in [-0.1, -0.05) is 0 Å². The van der Waals surface area contributed by atoms with Crippen molar-refractivity contribution in [3.05, 3.63) is 12.0 Å². The minimum absolute atomic E-state index is 0.189. The number of aliphatic hydroxyl groups is 2. The summed E-state index contributed by atoms with van der Waals surface area (Å²) < 4.78 is 1.75. The fourth-order valence-electron chi connectivity index (χ4n) is 2.79. The number of aromatic nitrogens is 4. The first kappa shape index (κ1) is 13.3. The average molecular weight is 277 g/mol. The molecule has 1 saturated heterocycles. The molecule has 2 aromatic heterocycles. The van der Waals surface area contributed by atoms with E-state index in [0.717, 1.165) is 22.5 Å². The summed E-state index contributed by atoms with van der Waals surface area (Å²) in [6.45, 7) is 3.09. The van der Waals surface area contributed by atoms with Crippen molar-refractivity contribution in [3.63, 3.8) is 0 Å². The monoisotopic (exact) mass is 277 g/mol. The highest BCUT2D eigenvalue weighted by Gasteiger charge is 2.32. The highest BCUT2D eigenvalue weighted by Crippen LogP contribution is 2.30. The smallest absolute Gasteiger partial charge is 0.163 e. The first-order chi connectivity index (χ1) is 9.54. The third kappa shape index (κ3) is 2.03. The summed E-state index contributed by atoms with van der Waals surface area (Å²) in [7, 11) is 1.87. The second-order valence-corrected chi connectivity index (χ2v) is 5.47. The molecule has 0 unspecified atom stereocenters. The molecule has 0 amide bonds. The molecule has 0 bridgehead atoms. The zero-order valence-corrected chi connectivity index (χ0v) is 11.7. The van der Waals surface area contributed by atoms with Gasteiger partial charge in [-0.15, -0.1) is 0 Å². The predicted molar refractivity (Wildman–Crippen MR) is 74.5 cm³/mol. The fourth-order valence-corrected chi connectivity index (χ4v) is 2.79. The Hall–Kier alpha value is -1.73. The second-order valence-electron chi connectivity index (χ2n) is 5.47. The summed E-state index contributed by atoms with van der Waals surface area (Å²) in [5.41, 5.74) is 0.767. The van der Waals surface area contributed by atoms with Crippen LogP contribution in [0.15, 0.2) is 6.33 Å². The Morgan fingerprint density at radius 1 is 1.30 bits per heavy atom. The van der Waals surface area contributed by atoms with Crippen molar-refractivity contribution in [3.8, 4) is 0 Å². The van der Waals surface area contributed by atoms with Crippen LogP contribution >= 0.6 is 0 Å². The summed E-state index contributed by atoms with van der Waals surface area (Å²) in [4.78, 5) is 10.8. The molecule has 7 nitrogen and oxygen atoms in total. The van der Waals surface area contributed by atoms with Crippen LogP contribution in [-0.4, -0.2) is 55.3 Å². The van der Waals surface area contributed by atoms with Crippen LogP contribution in [0.3, 0.4) is 0 Å². The van der Waals surface area contributed by atoms with E-state index < -0.39 is 5.60 Å². The van der Waals surface area contributed by atoms with Crippen molar-refractivity contribution in [1.82, 2.24) is 19.7 Å². The van der Waals surface area contributed by atoms with Gasteiger partial charge in [0.15, 0.2) is 5.65 Å². The summed E-state index contributed by atoms with van der Waals surface area (Å²) in [6, 6.07) is 0. The number of fused-ring (bicyclic) bond motifs is 1. The lowest BCUT2D eigenvalue weighted by molar-refractivity contribution is -0.0326. The summed E-state index contributed by atoms with van der Waals surface area (Å²) >= 11 is 0. The summed E-state index contributed by atoms with van der Waals surface area (Å²) in [6.07, 6.45) is 2.62. The van der Waals surface area contributed by atoms with E-state index in [1.165, 1.54) is 0 Å². The number of hydrogen-bond donors (Lipinski definition) is 2. The van der Waals surface area contributed by atoms with Gasteiger partial charge in [-0.05, 0) is 19.8 Å². The molecule has 1 aliphatic heterocycles. The van der Waals surface area contributed by atoms with Crippen molar-refractivity contribution in [2.75, 3.05) is 24.6 Å². The molecular formula is C13H19N5O2. The third-order valence-corrected chi connectivity index (χ3v) is 4.06. The normalized spacial score (nSPS) is 18.7. The van der Waals surface area contributed by atoms with Crippen molar-refractivity contribution in [1.29, 1.82) is 0 Å². The minimum Gasteiger partial charge on any atom is -0.393 e. The standard InChI is InChI=1S/C13H19N5O2/c1-9-10-11(17(2)16-9)14-8-15-12(10)18-5-3-13(20,7-19)4-6-18/h8,19-20H,3-7H2,1-2H3. The van der Waals surface area contributed by atoms with Crippen LogP contribution in [0.25, 0.3) is 11.0 Å². The molecule has 3 heterocycles. The number of rotatable bonds is 2. The largest absolute Gasteiger partial charge is 0.393 e. The topological polar surface area (TPSA) is 87.3 Å². The van der Waals surface area contributed by atoms with Crippen LogP contribution in [0, 0.1) is 6.92 Å². The van der Waals surface area contributed by atoms with Gasteiger partial charge in [0.2, 0.25) is 0 Å². The van der Waals surface area contributed by atoms with E-state index in [1.807, 2.05) is 14.0 Å². The van der Waals surface area contributed by atoms with Crippen LogP contribution in [-0.2, 0) is 7.05 Å². The molecule has 0 radical (unpaired) electrons. The molecule has 0 spiro atoms. The van der Waals surface area contributed by atoms with Crippen molar-refractivity contribution < 1.29 is 10.2 Å². The van der Waals surface area contributed by atoms with Crippen molar-refractivity contribution in [2.45, 2.75) is 25.4 Å².